The molecule has 232 valence electrons. The fourth-order valence-corrected chi connectivity index (χ4v) is 4.95. The average Bonchev–Trinajstić information content (AvgIpc) is 2.96. The summed E-state index contributed by atoms with van der Waals surface area (Å²) < 4.78 is 0. The molecule has 1 aliphatic heterocycles. The first-order valence-electron chi connectivity index (χ1n) is 14.4. The number of rotatable bonds is 7. The molecule has 0 bridgehead atoms. The highest BCUT2D eigenvalue weighted by atomic mass is 35.5. The van der Waals surface area contributed by atoms with E-state index in [0.717, 1.165) is 11.1 Å². The molecule has 1 heterocycles. The largest absolute Gasteiger partial charge is 0.391 e. The summed E-state index contributed by atoms with van der Waals surface area (Å²) in [5.41, 5.74) is 1.54. The summed E-state index contributed by atoms with van der Waals surface area (Å²) in [5, 5.41) is 21.5. The van der Waals surface area contributed by atoms with Gasteiger partial charge in [0, 0.05) is 31.0 Å². The lowest BCUT2D eigenvalue weighted by atomic mass is 10.0. The number of halogens is 1. The number of aliphatic hydroxyl groups is 1. The van der Waals surface area contributed by atoms with E-state index in [1.54, 1.807) is 50.2 Å². The zero-order chi connectivity index (χ0) is 31.5. The Balaban J connectivity index is 1.86. The van der Waals surface area contributed by atoms with Crippen molar-refractivity contribution in [3.63, 3.8) is 0 Å². The number of hydrogen-bond acceptors (Lipinski definition) is 6. The van der Waals surface area contributed by atoms with Gasteiger partial charge in [-0.25, -0.2) is 0 Å². The average molecular weight is 614 g/mol. The van der Waals surface area contributed by atoms with E-state index in [-0.39, 0.29) is 44.3 Å². The number of aryl methyl sites for hydroxylation is 1. The van der Waals surface area contributed by atoms with Crippen molar-refractivity contribution in [3.05, 3.63) is 70.7 Å². The SMILES string of the molecule is CC(C)[C@H]1NC(=O)CN(C(=O)CCc2ccccc2Cl)CCNC(=O)[C@H]([C@@H](C)O)NC(=O)[C@H](Cc2ccccc2)NC1=O. The number of benzene rings is 2. The number of aliphatic hydroxyl groups excluding tert-OH is 1. The van der Waals surface area contributed by atoms with Crippen LogP contribution in [0.15, 0.2) is 54.6 Å². The quantitative estimate of drug-likeness (QED) is 0.313. The minimum absolute atomic E-state index is 0.0177. The second-order valence-electron chi connectivity index (χ2n) is 11.0. The smallest absolute Gasteiger partial charge is 0.245 e. The molecule has 1 fully saturated rings. The molecule has 0 saturated carbocycles. The van der Waals surface area contributed by atoms with Crippen molar-refractivity contribution in [3.8, 4) is 0 Å². The first kappa shape index (κ1) is 33.5. The van der Waals surface area contributed by atoms with Gasteiger partial charge in [0.05, 0.1) is 12.6 Å². The van der Waals surface area contributed by atoms with E-state index in [2.05, 4.69) is 21.3 Å². The standard InChI is InChI=1S/C31H40ClN5O6/c1-19(2)27-31(43)34-24(17-21-9-5-4-6-10-21)29(41)36-28(20(3)38)30(42)33-15-16-37(18-25(39)35-27)26(40)14-13-22-11-7-8-12-23(22)32/h4-12,19-20,24,27-28,38H,13-18H2,1-3H3,(H,33,42)(H,34,43)(H,35,39)(H,36,41)/t20-,24+,27-,28+/m1/s1. The fraction of sp³-hybridized carbons (Fsp3) is 0.452. The van der Waals surface area contributed by atoms with E-state index in [1.807, 2.05) is 18.2 Å². The predicted octanol–water partition coefficient (Wildman–Crippen LogP) is 0.965. The van der Waals surface area contributed by atoms with E-state index in [0.29, 0.717) is 11.4 Å². The van der Waals surface area contributed by atoms with Crippen LogP contribution in [-0.2, 0) is 36.8 Å². The van der Waals surface area contributed by atoms with Crippen LogP contribution in [0.3, 0.4) is 0 Å². The molecule has 0 spiro atoms. The monoisotopic (exact) mass is 613 g/mol. The van der Waals surface area contributed by atoms with Gasteiger partial charge in [0.25, 0.3) is 0 Å². The molecule has 12 heteroatoms. The molecule has 1 aliphatic rings. The van der Waals surface area contributed by atoms with E-state index >= 15 is 0 Å². The Morgan fingerprint density at radius 1 is 0.907 bits per heavy atom. The Hall–Kier alpha value is -3.96. The number of hydrogen-bond donors (Lipinski definition) is 5. The van der Waals surface area contributed by atoms with Crippen molar-refractivity contribution in [2.75, 3.05) is 19.6 Å². The third-order valence-corrected chi connectivity index (χ3v) is 7.55. The van der Waals surface area contributed by atoms with Crippen LogP contribution in [0.4, 0.5) is 0 Å². The Labute approximate surface area is 256 Å². The maximum atomic E-state index is 13.4. The van der Waals surface area contributed by atoms with Crippen LogP contribution in [0.1, 0.15) is 38.3 Å². The molecular weight excluding hydrogens is 574 g/mol. The van der Waals surface area contributed by atoms with Crippen LogP contribution in [0.5, 0.6) is 0 Å². The van der Waals surface area contributed by atoms with Crippen LogP contribution in [0.2, 0.25) is 5.02 Å². The molecular formula is C31H40ClN5O6. The van der Waals surface area contributed by atoms with Gasteiger partial charge in [-0.05, 0) is 36.5 Å². The summed E-state index contributed by atoms with van der Waals surface area (Å²) in [7, 11) is 0. The maximum Gasteiger partial charge on any atom is 0.245 e. The summed E-state index contributed by atoms with van der Waals surface area (Å²) in [6.45, 7) is 4.47. The first-order valence-corrected chi connectivity index (χ1v) is 14.7. The highest BCUT2D eigenvalue weighted by Gasteiger charge is 2.33. The Bertz CT molecular complexity index is 1290. The van der Waals surface area contributed by atoms with Crippen LogP contribution in [-0.4, -0.2) is 83.4 Å². The third-order valence-electron chi connectivity index (χ3n) is 7.18. The molecule has 0 unspecified atom stereocenters. The number of carbonyl (C=O) groups excluding carboxylic acids is 5. The summed E-state index contributed by atoms with van der Waals surface area (Å²) in [4.78, 5) is 67.6. The Morgan fingerprint density at radius 3 is 2.23 bits per heavy atom. The van der Waals surface area contributed by atoms with Gasteiger partial charge in [0.1, 0.15) is 18.1 Å². The minimum Gasteiger partial charge on any atom is -0.391 e. The first-order chi connectivity index (χ1) is 20.5. The topological polar surface area (TPSA) is 157 Å². The van der Waals surface area contributed by atoms with E-state index < -0.39 is 47.9 Å². The lowest BCUT2D eigenvalue weighted by molar-refractivity contribution is -0.137. The van der Waals surface area contributed by atoms with E-state index in [4.69, 9.17) is 11.6 Å². The molecule has 43 heavy (non-hydrogen) atoms. The van der Waals surface area contributed by atoms with Crippen molar-refractivity contribution in [1.82, 2.24) is 26.2 Å². The van der Waals surface area contributed by atoms with Crippen molar-refractivity contribution >= 4 is 41.1 Å². The molecule has 0 radical (unpaired) electrons. The molecule has 2 aromatic carbocycles. The third kappa shape index (κ3) is 10.1. The lowest BCUT2D eigenvalue weighted by Crippen LogP contribution is -2.60. The molecule has 3 rings (SSSR count). The number of nitrogens with zero attached hydrogens (tertiary/aromatic N) is 1. The maximum absolute atomic E-state index is 13.4. The van der Waals surface area contributed by atoms with Gasteiger partial charge in [-0.2, -0.15) is 0 Å². The van der Waals surface area contributed by atoms with Crippen LogP contribution >= 0.6 is 11.6 Å². The Morgan fingerprint density at radius 2 is 1.58 bits per heavy atom. The molecule has 0 aromatic heterocycles. The van der Waals surface area contributed by atoms with Crippen LogP contribution in [0.25, 0.3) is 0 Å². The second-order valence-corrected chi connectivity index (χ2v) is 11.4. The van der Waals surface area contributed by atoms with E-state index in [1.165, 1.54) is 11.8 Å². The van der Waals surface area contributed by atoms with Gasteiger partial charge in [-0.15, -0.1) is 0 Å². The Kier molecular flexibility index (Phi) is 12.5. The fourth-order valence-electron chi connectivity index (χ4n) is 4.72. The molecule has 2 aromatic rings. The number of nitrogens with one attached hydrogen (secondary N) is 4. The minimum atomic E-state index is -1.32. The highest BCUT2D eigenvalue weighted by molar-refractivity contribution is 6.31. The molecule has 0 aliphatic carbocycles. The second kappa shape index (κ2) is 16.0. The van der Waals surface area contributed by atoms with Gasteiger partial charge in [-0.1, -0.05) is 74.0 Å². The zero-order valence-corrected chi connectivity index (χ0v) is 25.4. The summed E-state index contributed by atoms with van der Waals surface area (Å²) in [6, 6.07) is 12.7. The summed E-state index contributed by atoms with van der Waals surface area (Å²) in [6.07, 6.45) is -0.738. The molecule has 11 nitrogen and oxygen atoms in total. The van der Waals surface area contributed by atoms with Crippen molar-refractivity contribution in [2.45, 2.75) is 64.3 Å². The van der Waals surface area contributed by atoms with Gasteiger partial charge >= 0.3 is 0 Å². The molecule has 4 atom stereocenters. The van der Waals surface area contributed by atoms with Crippen molar-refractivity contribution in [2.24, 2.45) is 5.92 Å². The van der Waals surface area contributed by atoms with E-state index in [9.17, 15) is 29.1 Å². The summed E-state index contributed by atoms with van der Waals surface area (Å²) in [5.74, 6) is -3.19. The van der Waals surface area contributed by atoms with Crippen molar-refractivity contribution in [1.29, 1.82) is 0 Å². The van der Waals surface area contributed by atoms with Gasteiger partial charge in [-0.3, -0.25) is 24.0 Å². The van der Waals surface area contributed by atoms with Gasteiger partial charge < -0.3 is 31.3 Å². The molecule has 5 N–H and O–H groups in total. The lowest BCUT2D eigenvalue weighted by Gasteiger charge is -2.27. The number of amides is 5. The normalized spacial score (nSPS) is 21.5. The summed E-state index contributed by atoms with van der Waals surface area (Å²) >= 11 is 6.24. The van der Waals surface area contributed by atoms with Gasteiger partial charge in [0.2, 0.25) is 29.5 Å². The molecule has 5 amide bonds. The van der Waals surface area contributed by atoms with Gasteiger partial charge in [0.15, 0.2) is 0 Å². The van der Waals surface area contributed by atoms with Crippen LogP contribution in [0, 0.1) is 5.92 Å². The predicted molar refractivity (Wildman–Crippen MR) is 162 cm³/mol. The molecule has 1 saturated heterocycles. The zero-order valence-electron chi connectivity index (χ0n) is 24.6. The van der Waals surface area contributed by atoms with Crippen LogP contribution < -0.4 is 21.3 Å². The number of carbonyl (C=O) groups is 5. The highest BCUT2D eigenvalue weighted by Crippen LogP contribution is 2.17. The van der Waals surface area contributed by atoms with Crippen molar-refractivity contribution < 1.29 is 29.1 Å².